The normalized spacial score (nSPS) is 16.6. The van der Waals surface area contributed by atoms with E-state index in [9.17, 15) is 9.59 Å². The maximum absolute atomic E-state index is 13.6. The third-order valence-electron chi connectivity index (χ3n) is 6.12. The monoisotopic (exact) mass is 505 g/mol. The highest BCUT2D eigenvalue weighted by Gasteiger charge is 2.34. The van der Waals surface area contributed by atoms with E-state index in [-0.39, 0.29) is 36.1 Å². The van der Waals surface area contributed by atoms with Gasteiger partial charge in [-0.2, -0.15) is 0 Å². The summed E-state index contributed by atoms with van der Waals surface area (Å²) in [6.07, 6.45) is 1.58. The second-order valence-corrected chi connectivity index (χ2v) is 11.3. The van der Waals surface area contributed by atoms with Crippen molar-refractivity contribution < 1.29 is 14.3 Å². The van der Waals surface area contributed by atoms with Crippen LogP contribution in [0.3, 0.4) is 0 Å². The van der Waals surface area contributed by atoms with E-state index in [2.05, 4.69) is 16.8 Å². The van der Waals surface area contributed by atoms with Gasteiger partial charge < -0.3 is 19.9 Å². The van der Waals surface area contributed by atoms with Crippen LogP contribution in [0.25, 0.3) is 0 Å². The molecule has 0 radical (unpaired) electrons. The van der Waals surface area contributed by atoms with E-state index in [4.69, 9.17) is 16.3 Å². The highest BCUT2D eigenvalue weighted by atomic mass is 35.5. The summed E-state index contributed by atoms with van der Waals surface area (Å²) in [5.41, 5.74) is 1.70. The lowest BCUT2D eigenvalue weighted by atomic mass is 10.00. The molecule has 1 aliphatic rings. The van der Waals surface area contributed by atoms with Gasteiger partial charge in [0.1, 0.15) is 18.9 Å². The first-order chi connectivity index (χ1) is 16.0. The first-order valence-corrected chi connectivity index (χ1v) is 13.1. The molecule has 0 bridgehead atoms. The summed E-state index contributed by atoms with van der Waals surface area (Å²) < 4.78 is 6.13. The van der Waals surface area contributed by atoms with E-state index in [1.54, 1.807) is 16.2 Å². The number of amides is 3. The zero-order valence-corrected chi connectivity index (χ0v) is 22.6. The van der Waals surface area contributed by atoms with E-state index >= 15 is 0 Å². The van der Waals surface area contributed by atoms with Crippen LogP contribution in [-0.4, -0.2) is 53.0 Å². The molecule has 34 heavy (non-hydrogen) atoms. The van der Waals surface area contributed by atoms with Gasteiger partial charge in [-0.25, -0.2) is 4.79 Å². The molecule has 1 N–H and O–H groups in total. The van der Waals surface area contributed by atoms with Crippen molar-refractivity contribution in [2.75, 3.05) is 19.7 Å². The number of ether oxygens (including phenoxy) is 1. The van der Waals surface area contributed by atoms with Crippen LogP contribution < -0.4 is 10.1 Å². The number of nitrogens with zero attached hydrogens (tertiary/aromatic N) is 2. The quantitative estimate of drug-likeness (QED) is 0.515. The van der Waals surface area contributed by atoms with E-state index in [0.29, 0.717) is 18.2 Å². The number of urea groups is 1. The van der Waals surface area contributed by atoms with Crippen molar-refractivity contribution in [3.63, 3.8) is 0 Å². The summed E-state index contributed by atoms with van der Waals surface area (Å²) in [7, 11) is 0. The molecule has 0 spiro atoms. The van der Waals surface area contributed by atoms with Crippen molar-refractivity contribution in [2.24, 2.45) is 0 Å². The summed E-state index contributed by atoms with van der Waals surface area (Å²) in [6.45, 7) is 12.7. The van der Waals surface area contributed by atoms with Gasteiger partial charge in [0.25, 0.3) is 0 Å². The van der Waals surface area contributed by atoms with Crippen LogP contribution in [0.2, 0.25) is 5.02 Å². The number of thiophene rings is 1. The Labute approximate surface area is 212 Å². The maximum Gasteiger partial charge on any atom is 0.318 e. The van der Waals surface area contributed by atoms with Crippen LogP contribution in [0.1, 0.15) is 63.1 Å². The van der Waals surface area contributed by atoms with Gasteiger partial charge in [-0.3, -0.25) is 4.79 Å². The highest BCUT2D eigenvalue weighted by molar-refractivity contribution is 7.10. The molecule has 0 saturated carbocycles. The summed E-state index contributed by atoms with van der Waals surface area (Å²) in [6, 6.07) is 7.19. The second kappa shape index (κ2) is 11.0. The van der Waals surface area contributed by atoms with Gasteiger partial charge in [-0.15, -0.1) is 11.3 Å². The molecule has 0 aliphatic carbocycles. The van der Waals surface area contributed by atoms with Crippen LogP contribution >= 0.6 is 22.9 Å². The largest absolute Gasteiger partial charge is 0.491 e. The van der Waals surface area contributed by atoms with Crippen molar-refractivity contribution in [3.8, 4) is 5.75 Å². The summed E-state index contributed by atoms with van der Waals surface area (Å²) >= 11 is 7.87. The molecule has 3 amide bonds. The number of fused-ring (bicyclic) bond motifs is 1. The highest BCUT2D eigenvalue weighted by Crippen LogP contribution is 2.34. The topological polar surface area (TPSA) is 61.9 Å². The Balaban J connectivity index is 1.79. The van der Waals surface area contributed by atoms with Gasteiger partial charge in [0.15, 0.2) is 0 Å². The Morgan fingerprint density at radius 1 is 1.32 bits per heavy atom. The predicted octanol–water partition coefficient (Wildman–Crippen LogP) is 5.82. The number of carbonyl (C=O) groups excluding carboxylic acids is 2. The number of rotatable bonds is 7. The fourth-order valence-electron chi connectivity index (χ4n) is 4.03. The number of benzene rings is 1. The van der Waals surface area contributed by atoms with Gasteiger partial charge in [0.05, 0.1) is 6.04 Å². The smallest absolute Gasteiger partial charge is 0.318 e. The van der Waals surface area contributed by atoms with E-state index in [1.807, 2.05) is 64.6 Å². The van der Waals surface area contributed by atoms with Crippen molar-refractivity contribution >= 4 is 34.9 Å². The molecule has 0 fully saturated rings. The van der Waals surface area contributed by atoms with Gasteiger partial charge in [0, 0.05) is 28.0 Å². The fourth-order valence-corrected chi connectivity index (χ4v) is 5.08. The van der Waals surface area contributed by atoms with Gasteiger partial charge >= 0.3 is 6.03 Å². The van der Waals surface area contributed by atoms with Crippen LogP contribution in [-0.2, 0) is 11.2 Å². The van der Waals surface area contributed by atoms with Gasteiger partial charge in [-0.05, 0) is 88.2 Å². The van der Waals surface area contributed by atoms with E-state index < -0.39 is 0 Å². The number of aryl methyl sites for hydroxylation is 1. The minimum absolute atomic E-state index is 0.0347. The van der Waals surface area contributed by atoms with Crippen molar-refractivity contribution in [2.45, 2.75) is 72.0 Å². The lowest BCUT2D eigenvalue weighted by Crippen LogP contribution is -2.55. The summed E-state index contributed by atoms with van der Waals surface area (Å²) in [5.74, 6) is 0.657. The predicted molar refractivity (Wildman–Crippen MR) is 139 cm³/mol. The zero-order valence-electron chi connectivity index (χ0n) is 21.0. The lowest BCUT2D eigenvalue weighted by Gasteiger charge is -2.38. The molecule has 8 heteroatoms. The second-order valence-electron chi connectivity index (χ2n) is 9.94. The summed E-state index contributed by atoms with van der Waals surface area (Å²) in [4.78, 5) is 31.4. The van der Waals surface area contributed by atoms with E-state index in [1.165, 1.54) is 4.88 Å². The SMILES string of the molecule is CC[C@H](C)N(CC(=O)N1CCc2sccc2[C@@H]1COc1ccc(Cl)c(C)c1)C(=O)NC(C)(C)C. The number of halogens is 1. The first-order valence-electron chi connectivity index (χ1n) is 11.8. The van der Waals surface area contributed by atoms with Crippen molar-refractivity contribution in [1.29, 1.82) is 0 Å². The molecular formula is C26H36ClN3O3S. The average molecular weight is 506 g/mol. The summed E-state index contributed by atoms with van der Waals surface area (Å²) in [5, 5.41) is 5.77. The van der Waals surface area contributed by atoms with E-state index in [0.717, 1.165) is 29.7 Å². The minimum Gasteiger partial charge on any atom is -0.491 e. The lowest BCUT2D eigenvalue weighted by molar-refractivity contribution is -0.136. The molecule has 2 aromatic rings. The standard InChI is InChI=1S/C26H36ClN3O3S/c1-7-18(3)30(25(32)28-26(4,5)6)15-24(31)29-12-10-23-20(11-13-34-23)22(29)16-33-19-8-9-21(27)17(2)14-19/h8-9,11,13-14,18,22H,7,10,12,15-16H2,1-6H3,(H,28,32)/t18-,22-/m0/s1. The van der Waals surface area contributed by atoms with Crippen molar-refractivity contribution in [1.82, 2.24) is 15.1 Å². The Kier molecular flexibility index (Phi) is 8.52. The maximum atomic E-state index is 13.6. The number of hydrogen-bond acceptors (Lipinski definition) is 4. The molecule has 2 atom stereocenters. The van der Waals surface area contributed by atoms with Crippen LogP contribution in [0.5, 0.6) is 5.75 Å². The molecule has 0 unspecified atom stereocenters. The molecule has 3 rings (SSSR count). The van der Waals surface area contributed by atoms with Gasteiger partial charge in [-0.1, -0.05) is 18.5 Å². The average Bonchev–Trinajstić information content (AvgIpc) is 3.25. The molecule has 0 saturated heterocycles. The Morgan fingerprint density at radius 2 is 2.06 bits per heavy atom. The van der Waals surface area contributed by atoms with Crippen LogP contribution in [0.4, 0.5) is 4.79 Å². The first kappa shape index (κ1) is 26.4. The molecule has 1 aromatic heterocycles. The molecule has 6 nitrogen and oxygen atoms in total. The third kappa shape index (κ3) is 6.45. The number of carbonyl (C=O) groups is 2. The molecule has 186 valence electrons. The Bertz CT molecular complexity index is 1020. The molecular weight excluding hydrogens is 470 g/mol. The zero-order chi connectivity index (χ0) is 25.0. The third-order valence-corrected chi connectivity index (χ3v) is 7.54. The van der Waals surface area contributed by atoms with Crippen molar-refractivity contribution in [3.05, 3.63) is 50.7 Å². The van der Waals surface area contributed by atoms with Gasteiger partial charge in [0.2, 0.25) is 5.91 Å². The fraction of sp³-hybridized carbons (Fsp3) is 0.538. The number of nitrogens with one attached hydrogen (secondary N) is 1. The molecule has 2 heterocycles. The minimum atomic E-state index is -0.379. The number of hydrogen-bond donors (Lipinski definition) is 1. The molecule has 1 aliphatic heterocycles. The van der Waals surface area contributed by atoms with Crippen LogP contribution in [0, 0.1) is 6.92 Å². The Hall–Kier alpha value is -2.25. The van der Waals surface area contributed by atoms with Crippen LogP contribution in [0.15, 0.2) is 29.6 Å². The molecule has 1 aromatic carbocycles. The Morgan fingerprint density at radius 3 is 2.71 bits per heavy atom.